The lowest BCUT2D eigenvalue weighted by Gasteiger charge is -2.27. The summed E-state index contributed by atoms with van der Waals surface area (Å²) >= 11 is 0. The van der Waals surface area contributed by atoms with Crippen LogP contribution < -0.4 is 15.6 Å². The molecule has 1 N–H and O–H groups in total. The molecule has 3 heterocycles. The van der Waals surface area contributed by atoms with Gasteiger partial charge in [0.2, 0.25) is 5.95 Å². The molecule has 1 aliphatic carbocycles. The van der Waals surface area contributed by atoms with Gasteiger partial charge in [0, 0.05) is 48.8 Å². The Kier molecular flexibility index (Phi) is 7.17. The highest BCUT2D eigenvalue weighted by Crippen LogP contribution is 2.30. The second kappa shape index (κ2) is 10.9. The lowest BCUT2D eigenvalue weighted by atomic mass is 9.86. The van der Waals surface area contributed by atoms with Crippen LogP contribution in [0, 0.1) is 5.92 Å². The molecule has 0 amide bonds. The molecule has 1 saturated heterocycles. The third kappa shape index (κ3) is 5.39. The van der Waals surface area contributed by atoms with Crippen molar-refractivity contribution in [1.29, 1.82) is 0 Å². The minimum Gasteiger partial charge on any atom is -0.489 e. The van der Waals surface area contributed by atoms with E-state index >= 15 is 0 Å². The van der Waals surface area contributed by atoms with Gasteiger partial charge in [0.15, 0.2) is 5.78 Å². The molecular weight excluding hydrogens is 514 g/mol. The molecule has 8 nitrogen and oxygen atoms in total. The predicted molar refractivity (Wildman–Crippen MR) is 162 cm³/mol. The predicted octanol–water partition coefficient (Wildman–Crippen LogP) is 5.20. The summed E-state index contributed by atoms with van der Waals surface area (Å²) in [6, 6.07) is 16.8. The Morgan fingerprint density at radius 2 is 1.85 bits per heavy atom. The average Bonchev–Trinajstić information content (AvgIpc) is 3.37. The van der Waals surface area contributed by atoms with Gasteiger partial charge in [0.25, 0.3) is 5.56 Å². The van der Waals surface area contributed by atoms with E-state index in [1.54, 1.807) is 16.8 Å². The van der Waals surface area contributed by atoms with Crippen molar-refractivity contribution >= 4 is 34.0 Å². The van der Waals surface area contributed by atoms with Gasteiger partial charge in [-0.25, -0.2) is 4.98 Å². The summed E-state index contributed by atoms with van der Waals surface area (Å²) in [4.78, 5) is 39.1. The van der Waals surface area contributed by atoms with Crippen LogP contribution in [0.2, 0.25) is 0 Å². The lowest BCUT2D eigenvalue weighted by Crippen LogP contribution is -2.37. The molecule has 6 rings (SSSR count). The maximum Gasteiger partial charge on any atom is 0.260 e. The third-order valence-corrected chi connectivity index (χ3v) is 8.16. The van der Waals surface area contributed by atoms with Crippen LogP contribution in [-0.2, 0) is 17.6 Å². The summed E-state index contributed by atoms with van der Waals surface area (Å²) in [6.07, 6.45) is 3.64. The molecule has 1 fully saturated rings. The number of aromatic nitrogens is 3. The zero-order valence-corrected chi connectivity index (χ0v) is 23.8. The molecule has 41 heavy (non-hydrogen) atoms. The molecule has 0 spiro atoms. The Hall–Kier alpha value is -4.30. The Balaban J connectivity index is 1.36. The molecule has 0 saturated carbocycles. The number of carbonyl (C=O) groups excluding carboxylic acids is 1. The van der Waals surface area contributed by atoms with Crippen molar-refractivity contribution in [2.24, 2.45) is 5.92 Å². The normalized spacial score (nSPS) is 19.0. The average molecular weight is 550 g/mol. The van der Waals surface area contributed by atoms with E-state index in [4.69, 9.17) is 9.72 Å². The first-order valence-corrected chi connectivity index (χ1v) is 14.2. The summed E-state index contributed by atoms with van der Waals surface area (Å²) in [5.41, 5.74) is 4.27. The molecule has 0 bridgehead atoms. The number of anilines is 2. The van der Waals surface area contributed by atoms with E-state index in [2.05, 4.69) is 28.8 Å². The minimum absolute atomic E-state index is 0.00317. The van der Waals surface area contributed by atoms with Gasteiger partial charge in [0.1, 0.15) is 23.5 Å². The van der Waals surface area contributed by atoms with Crippen molar-refractivity contribution in [2.45, 2.75) is 45.3 Å². The number of likely N-dealkylation sites (N-methyl/N-ethyl adjacent to an activating group) is 1. The smallest absolute Gasteiger partial charge is 0.260 e. The van der Waals surface area contributed by atoms with Crippen molar-refractivity contribution in [3.8, 4) is 5.75 Å². The topological polar surface area (TPSA) is 89.3 Å². The van der Waals surface area contributed by atoms with Crippen LogP contribution in [0.4, 0.5) is 11.6 Å². The number of fused-ring (bicyclic) bond motifs is 2. The van der Waals surface area contributed by atoms with E-state index in [-0.39, 0.29) is 29.8 Å². The fourth-order valence-corrected chi connectivity index (χ4v) is 5.73. The lowest BCUT2D eigenvalue weighted by molar-refractivity contribution is -0.122. The quantitative estimate of drug-likeness (QED) is 0.339. The molecule has 2 aromatic heterocycles. The van der Waals surface area contributed by atoms with Gasteiger partial charge in [0.05, 0.1) is 0 Å². The maximum atomic E-state index is 14.0. The van der Waals surface area contributed by atoms with Crippen molar-refractivity contribution in [1.82, 2.24) is 19.4 Å². The van der Waals surface area contributed by atoms with Crippen LogP contribution in [0.3, 0.4) is 0 Å². The molecule has 2 atom stereocenters. The molecule has 2 aromatic carbocycles. The number of benzene rings is 2. The van der Waals surface area contributed by atoms with E-state index in [0.29, 0.717) is 29.0 Å². The summed E-state index contributed by atoms with van der Waals surface area (Å²) in [7, 11) is 2.10. The Morgan fingerprint density at radius 3 is 2.56 bits per heavy atom. The van der Waals surface area contributed by atoms with Crippen molar-refractivity contribution in [3.05, 3.63) is 94.4 Å². The molecule has 8 heteroatoms. The first-order valence-electron chi connectivity index (χ1n) is 14.2. The standard InChI is InChI=1S/C33H35N5O3/c1-20(2)21(3)28-15-24-18-34-33(35-25-9-11-26(12-10-25)41-27-13-14-37(4)19-27)36-31(24)38(32(28)40)29-16-22-7-5-6-8-23(22)17-30(29)39/h5-12,15,18,20,27,29H,3,13-14,16-17,19H2,1-2,4H3,(H,34,35,36). The molecule has 4 aromatic rings. The fourth-order valence-electron chi connectivity index (χ4n) is 5.73. The summed E-state index contributed by atoms with van der Waals surface area (Å²) in [6.45, 7) is 10.2. The minimum atomic E-state index is -0.659. The number of ketones is 1. The van der Waals surface area contributed by atoms with Crippen LogP contribution in [0.5, 0.6) is 5.75 Å². The number of ether oxygens (including phenoxy) is 1. The van der Waals surface area contributed by atoms with Gasteiger partial charge in [-0.3, -0.25) is 14.2 Å². The zero-order chi connectivity index (χ0) is 28.7. The summed E-state index contributed by atoms with van der Waals surface area (Å²) in [5, 5.41) is 3.94. The molecule has 210 valence electrons. The first-order chi connectivity index (χ1) is 19.8. The van der Waals surface area contributed by atoms with Gasteiger partial charge in [-0.1, -0.05) is 44.7 Å². The number of Topliss-reactive ketones (excluding diaryl/α,β-unsaturated/α-hetero) is 1. The molecule has 2 aliphatic rings. The number of nitrogens with zero attached hydrogens (tertiary/aromatic N) is 4. The van der Waals surface area contributed by atoms with E-state index in [1.807, 2.05) is 62.4 Å². The van der Waals surface area contributed by atoms with Gasteiger partial charge in [-0.05, 0) is 66.4 Å². The third-order valence-electron chi connectivity index (χ3n) is 8.16. The number of rotatable bonds is 7. The van der Waals surface area contributed by atoms with Crippen LogP contribution in [0.15, 0.2) is 72.2 Å². The largest absolute Gasteiger partial charge is 0.489 e. The fraction of sp³-hybridized carbons (Fsp3) is 0.333. The highest BCUT2D eigenvalue weighted by molar-refractivity contribution is 5.89. The zero-order valence-electron chi connectivity index (χ0n) is 23.8. The number of hydrogen-bond acceptors (Lipinski definition) is 7. The van der Waals surface area contributed by atoms with Gasteiger partial charge in [-0.15, -0.1) is 0 Å². The number of pyridine rings is 1. The van der Waals surface area contributed by atoms with Gasteiger partial charge >= 0.3 is 0 Å². The van der Waals surface area contributed by atoms with Crippen LogP contribution in [0.25, 0.3) is 16.6 Å². The number of hydrogen-bond donors (Lipinski definition) is 1. The van der Waals surface area contributed by atoms with Crippen LogP contribution in [0.1, 0.15) is 43.0 Å². The molecule has 1 aliphatic heterocycles. The molecular formula is C33H35N5O3. The van der Waals surface area contributed by atoms with Crippen LogP contribution in [-0.4, -0.2) is 51.5 Å². The highest BCUT2D eigenvalue weighted by atomic mass is 16.5. The Bertz CT molecular complexity index is 1690. The SMILES string of the molecule is C=C(c1cc2cnc(Nc3ccc(OC4CCN(C)C4)cc3)nc2n(C2Cc3ccccc3CC2=O)c1=O)C(C)C. The second-order valence-corrected chi connectivity index (χ2v) is 11.5. The number of allylic oxidation sites excluding steroid dienone is 1. The maximum absolute atomic E-state index is 14.0. The number of likely N-dealkylation sites (tertiary alicyclic amines) is 1. The monoisotopic (exact) mass is 549 g/mol. The summed E-state index contributed by atoms with van der Waals surface area (Å²) < 4.78 is 7.68. The van der Waals surface area contributed by atoms with Gasteiger partial charge < -0.3 is 15.0 Å². The Morgan fingerprint density at radius 1 is 1.10 bits per heavy atom. The van der Waals surface area contributed by atoms with Crippen LogP contribution >= 0.6 is 0 Å². The highest BCUT2D eigenvalue weighted by Gasteiger charge is 2.31. The van der Waals surface area contributed by atoms with E-state index in [0.717, 1.165) is 47.6 Å². The summed E-state index contributed by atoms with van der Waals surface area (Å²) in [5.74, 6) is 1.23. The number of nitrogens with one attached hydrogen (secondary N) is 1. The Labute approximate surface area is 239 Å². The van der Waals surface area contributed by atoms with Crippen molar-refractivity contribution in [3.63, 3.8) is 0 Å². The van der Waals surface area contributed by atoms with Crippen molar-refractivity contribution < 1.29 is 9.53 Å². The van der Waals surface area contributed by atoms with E-state index in [9.17, 15) is 9.59 Å². The van der Waals surface area contributed by atoms with E-state index < -0.39 is 6.04 Å². The van der Waals surface area contributed by atoms with Gasteiger partial charge in [-0.2, -0.15) is 4.98 Å². The van der Waals surface area contributed by atoms with Crippen molar-refractivity contribution in [2.75, 3.05) is 25.5 Å². The molecule has 0 radical (unpaired) electrons. The second-order valence-electron chi connectivity index (χ2n) is 11.5. The van der Waals surface area contributed by atoms with E-state index in [1.165, 1.54) is 0 Å². The number of carbonyl (C=O) groups is 1. The first kappa shape index (κ1) is 26.9. The molecule has 2 unspecified atom stereocenters.